The standard InChI is InChI=1S/C43H60N10O7/c1-26(49-37(54)31(44)22-27-12-4-2-5-13-27)41(58)53-21-11-19-36(53)40(57)52-34(23-28-14-6-3-7-15-28)38(55)51-35(24-29-25-48-32-17-9-8-16-30(29)32)39(56)50-33(42(59)60)18-10-20-47-43(45)46/h2,4-5,8-9,12-13,16-17,25-26,28,31,33-36,48H,3,6-7,10-11,14-15,18-24,44H2,1H3,(H,49,54)(H,50,56)(H,51,55)(H,52,57)(H,59,60)(H4,45,46,47)/t26-,31-,33+,34+,35-,36+/m0/s1. The van der Waals surface area contributed by atoms with Crippen LogP contribution in [0.3, 0.4) is 0 Å². The quantitative estimate of drug-likeness (QED) is 0.0448. The van der Waals surface area contributed by atoms with Crippen LogP contribution in [0, 0.1) is 5.92 Å². The zero-order chi connectivity index (χ0) is 43.2. The van der Waals surface area contributed by atoms with E-state index < -0.39 is 71.8 Å². The monoisotopic (exact) mass is 828 g/mol. The molecule has 3 aromatic rings. The summed E-state index contributed by atoms with van der Waals surface area (Å²) in [6.45, 7) is 2.01. The van der Waals surface area contributed by atoms with Crippen molar-refractivity contribution in [3.8, 4) is 0 Å². The number of fused-ring (bicyclic) bond motifs is 1. The minimum atomic E-state index is -1.29. The molecule has 5 rings (SSSR count). The Hall–Kier alpha value is -5.97. The average Bonchev–Trinajstić information content (AvgIpc) is 3.89. The van der Waals surface area contributed by atoms with Crippen LogP contribution in [-0.2, 0) is 41.6 Å². The van der Waals surface area contributed by atoms with Gasteiger partial charge in [0, 0.05) is 36.6 Å². The molecular weight excluding hydrogens is 769 g/mol. The molecule has 1 saturated heterocycles. The fourth-order valence-corrected chi connectivity index (χ4v) is 8.19. The molecule has 1 aliphatic carbocycles. The number of carboxylic acid groups (broad SMARTS) is 1. The van der Waals surface area contributed by atoms with Crippen LogP contribution >= 0.6 is 0 Å². The number of carboxylic acids is 1. The number of nitrogens with one attached hydrogen (secondary N) is 5. The van der Waals surface area contributed by atoms with Crippen LogP contribution in [0.5, 0.6) is 0 Å². The first-order valence-electron chi connectivity index (χ1n) is 20.9. The largest absolute Gasteiger partial charge is 0.480 e. The van der Waals surface area contributed by atoms with Crippen LogP contribution in [-0.4, -0.2) is 106 Å². The van der Waals surface area contributed by atoms with E-state index in [2.05, 4.69) is 31.2 Å². The Morgan fingerprint density at radius 2 is 1.50 bits per heavy atom. The number of para-hydroxylation sites is 1. The van der Waals surface area contributed by atoms with Gasteiger partial charge in [-0.1, -0.05) is 80.6 Å². The number of hydrogen-bond donors (Lipinski definition) is 9. The van der Waals surface area contributed by atoms with Crippen molar-refractivity contribution in [2.45, 2.75) is 120 Å². The van der Waals surface area contributed by atoms with Crippen LogP contribution in [0.15, 0.2) is 65.8 Å². The van der Waals surface area contributed by atoms with Gasteiger partial charge in [-0.15, -0.1) is 0 Å². The number of aromatic nitrogens is 1. The van der Waals surface area contributed by atoms with Crippen molar-refractivity contribution in [3.63, 3.8) is 0 Å². The molecule has 2 aromatic carbocycles. The summed E-state index contributed by atoms with van der Waals surface area (Å²) in [6, 6.07) is 10.5. The lowest BCUT2D eigenvalue weighted by Gasteiger charge is -2.31. The number of aliphatic imine (C=N–C) groups is 1. The zero-order valence-electron chi connectivity index (χ0n) is 34.2. The molecule has 17 nitrogen and oxygen atoms in total. The average molecular weight is 829 g/mol. The number of nitrogens with two attached hydrogens (primary N) is 3. The topological polar surface area (TPSA) is 280 Å². The molecule has 2 aliphatic rings. The van der Waals surface area contributed by atoms with Gasteiger partial charge < -0.3 is 53.5 Å². The Bertz CT molecular complexity index is 1980. The molecule has 0 radical (unpaired) electrons. The summed E-state index contributed by atoms with van der Waals surface area (Å²) in [6.07, 6.45) is 8.38. The molecule has 2 fully saturated rings. The Balaban J connectivity index is 1.31. The molecule has 60 heavy (non-hydrogen) atoms. The fraction of sp³-hybridized carbons (Fsp3) is 0.512. The molecule has 1 saturated carbocycles. The van der Waals surface area contributed by atoms with Gasteiger partial charge >= 0.3 is 5.97 Å². The Kier molecular flexibility index (Phi) is 16.4. The first kappa shape index (κ1) is 45.1. The number of aliphatic carboxylic acids is 1. The maximum Gasteiger partial charge on any atom is 0.326 e. The van der Waals surface area contributed by atoms with E-state index in [1.807, 2.05) is 54.6 Å². The van der Waals surface area contributed by atoms with Gasteiger partial charge in [0.1, 0.15) is 30.2 Å². The number of guanidine groups is 1. The number of benzene rings is 2. The fourth-order valence-electron chi connectivity index (χ4n) is 8.19. The lowest BCUT2D eigenvalue weighted by molar-refractivity contribution is -0.143. The smallest absolute Gasteiger partial charge is 0.326 e. The van der Waals surface area contributed by atoms with E-state index in [4.69, 9.17) is 17.2 Å². The highest BCUT2D eigenvalue weighted by molar-refractivity contribution is 5.97. The minimum Gasteiger partial charge on any atom is -0.480 e. The third kappa shape index (κ3) is 12.8. The van der Waals surface area contributed by atoms with Crippen molar-refractivity contribution in [1.29, 1.82) is 0 Å². The Morgan fingerprint density at radius 1 is 0.817 bits per heavy atom. The number of carbonyl (C=O) groups is 6. The second kappa shape index (κ2) is 21.9. The van der Waals surface area contributed by atoms with Crippen LogP contribution in [0.25, 0.3) is 10.9 Å². The van der Waals surface area contributed by atoms with Gasteiger partial charge in [0.25, 0.3) is 0 Å². The summed E-state index contributed by atoms with van der Waals surface area (Å²) >= 11 is 0. The van der Waals surface area contributed by atoms with Crippen LogP contribution in [0.1, 0.15) is 82.3 Å². The molecule has 0 spiro atoms. The van der Waals surface area contributed by atoms with Gasteiger partial charge in [0.2, 0.25) is 29.5 Å². The van der Waals surface area contributed by atoms with Crippen molar-refractivity contribution in [3.05, 3.63) is 71.9 Å². The number of hydrogen-bond acceptors (Lipinski definition) is 8. The lowest BCUT2D eigenvalue weighted by atomic mass is 9.84. The number of likely N-dealkylation sites (tertiary alicyclic amines) is 1. The number of rotatable bonds is 20. The van der Waals surface area contributed by atoms with Gasteiger partial charge in [-0.3, -0.25) is 29.0 Å². The first-order chi connectivity index (χ1) is 28.8. The molecular formula is C43H60N10O7. The van der Waals surface area contributed by atoms with Gasteiger partial charge in [0.15, 0.2) is 5.96 Å². The maximum absolute atomic E-state index is 14.4. The van der Waals surface area contributed by atoms with E-state index in [1.54, 1.807) is 13.1 Å². The third-order valence-corrected chi connectivity index (χ3v) is 11.4. The molecule has 12 N–H and O–H groups in total. The van der Waals surface area contributed by atoms with Gasteiger partial charge in [-0.25, -0.2) is 4.79 Å². The van der Waals surface area contributed by atoms with Gasteiger partial charge in [-0.05, 0) is 68.6 Å². The van der Waals surface area contributed by atoms with E-state index in [0.29, 0.717) is 19.3 Å². The third-order valence-electron chi connectivity index (χ3n) is 11.4. The van der Waals surface area contributed by atoms with E-state index in [0.717, 1.165) is 54.1 Å². The maximum atomic E-state index is 14.4. The molecule has 0 unspecified atom stereocenters. The van der Waals surface area contributed by atoms with E-state index in [9.17, 15) is 33.9 Å². The predicted octanol–water partition coefficient (Wildman–Crippen LogP) is 1.34. The van der Waals surface area contributed by atoms with E-state index >= 15 is 0 Å². The first-order valence-corrected chi connectivity index (χ1v) is 20.9. The molecule has 2 heterocycles. The van der Waals surface area contributed by atoms with Crippen molar-refractivity contribution in [1.82, 2.24) is 31.2 Å². The predicted molar refractivity (Wildman–Crippen MR) is 227 cm³/mol. The van der Waals surface area contributed by atoms with Crippen LogP contribution in [0.4, 0.5) is 0 Å². The van der Waals surface area contributed by atoms with E-state index in [1.165, 1.54) is 4.90 Å². The summed E-state index contributed by atoms with van der Waals surface area (Å²) in [5.41, 5.74) is 19.4. The molecule has 6 atom stereocenters. The highest BCUT2D eigenvalue weighted by Gasteiger charge is 2.39. The number of nitrogens with zero attached hydrogens (tertiary/aromatic N) is 2. The SMILES string of the molecule is C[C@H](NC(=O)[C@@H](N)Cc1ccccc1)C(=O)N1CCC[C@@H]1C(=O)N[C@H](CC1CCCCC1)C(=O)N[C@@H](Cc1c[nH]c2ccccc12)C(=O)N[C@H](CCCN=C(N)N)C(=O)O. The molecule has 1 aromatic heterocycles. The Labute approximate surface area is 350 Å². The molecule has 0 bridgehead atoms. The lowest BCUT2D eigenvalue weighted by Crippen LogP contribution is -2.59. The normalized spacial score (nSPS) is 18.0. The zero-order valence-corrected chi connectivity index (χ0v) is 34.2. The number of aromatic amines is 1. The second-order valence-electron chi connectivity index (χ2n) is 16.0. The van der Waals surface area contributed by atoms with Crippen LogP contribution in [0.2, 0.25) is 0 Å². The van der Waals surface area contributed by atoms with Crippen molar-refractivity contribution >= 4 is 52.4 Å². The molecule has 5 amide bonds. The minimum absolute atomic E-state index is 0.0234. The number of amides is 5. The molecule has 17 heteroatoms. The van der Waals surface area contributed by atoms with E-state index in [-0.39, 0.29) is 50.7 Å². The summed E-state index contributed by atoms with van der Waals surface area (Å²) in [5, 5.41) is 21.9. The van der Waals surface area contributed by atoms with Crippen molar-refractivity contribution < 1.29 is 33.9 Å². The highest BCUT2D eigenvalue weighted by atomic mass is 16.4. The highest BCUT2D eigenvalue weighted by Crippen LogP contribution is 2.28. The Morgan fingerprint density at radius 3 is 2.22 bits per heavy atom. The van der Waals surface area contributed by atoms with Crippen molar-refractivity contribution in [2.75, 3.05) is 13.1 Å². The van der Waals surface area contributed by atoms with Crippen molar-refractivity contribution in [2.24, 2.45) is 28.1 Å². The molecule has 1 aliphatic heterocycles. The number of carbonyl (C=O) groups excluding carboxylic acids is 5. The number of H-pyrrole nitrogens is 1. The summed E-state index contributed by atoms with van der Waals surface area (Å²) in [7, 11) is 0. The molecule has 324 valence electrons. The summed E-state index contributed by atoms with van der Waals surface area (Å²) < 4.78 is 0. The summed E-state index contributed by atoms with van der Waals surface area (Å²) in [5.74, 6) is -4.01. The summed E-state index contributed by atoms with van der Waals surface area (Å²) in [4.78, 5) is 90.0. The van der Waals surface area contributed by atoms with Crippen LogP contribution < -0.4 is 38.5 Å². The van der Waals surface area contributed by atoms with Gasteiger partial charge in [0.05, 0.1) is 6.04 Å². The second-order valence-corrected chi connectivity index (χ2v) is 16.0. The van der Waals surface area contributed by atoms with Gasteiger partial charge in [-0.2, -0.15) is 0 Å².